The first-order chi connectivity index (χ1) is 7.34. The second kappa shape index (κ2) is 3.12. The first kappa shape index (κ1) is 8.53. The van der Waals surface area contributed by atoms with Gasteiger partial charge in [0.15, 0.2) is 0 Å². The van der Waals surface area contributed by atoms with E-state index >= 15 is 0 Å². The molecule has 1 aromatic heterocycles. The Labute approximate surface area is 88.5 Å². The van der Waals surface area contributed by atoms with Crippen LogP contribution in [0.1, 0.15) is 11.3 Å². The molecule has 2 N–H and O–H groups in total. The van der Waals surface area contributed by atoms with Gasteiger partial charge in [-0.1, -0.05) is 12.1 Å². The maximum atomic E-state index is 4.14. The van der Waals surface area contributed by atoms with E-state index in [1.807, 2.05) is 13.1 Å². The average Bonchev–Trinajstić information content (AvgIpc) is 2.84. The summed E-state index contributed by atoms with van der Waals surface area (Å²) in [5, 5.41) is 10.4. The molecule has 0 spiro atoms. The third-order valence-electron chi connectivity index (χ3n) is 2.96. The molecular weight excluding hydrogens is 186 g/mol. The molecule has 15 heavy (non-hydrogen) atoms. The van der Waals surface area contributed by atoms with Crippen molar-refractivity contribution in [2.45, 2.75) is 13.3 Å². The van der Waals surface area contributed by atoms with Crippen LogP contribution in [0.15, 0.2) is 24.4 Å². The summed E-state index contributed by atoms with van der Waals surface area (Å²) in [5.74, 6) is 0. The number of aromatic amines is 1. The summed E-state index contributed by atoms with van der Waals surface area (Å²) < 4.78 is 0. The Morgan fingerprint density at radius 2 is 2.27 bits per heavy atom. The zero-order chi connectivity index (χ0) is 10.3. The summed E-state index contributed by atoms with van der Waals surface area (Å²) in [7, 11) is 0. The average molecular weight is 199 g/mol. The maximum Gasteiger partial charge on any atom is 0.0669 e. The van der Waals surface area contributed by atoms with Crippen LogP contribution in [0.3, 0.4) is 0 Å². The van der Waals surface area contributed by atoms with Crippen LogP contribution in [0.25, 0.3) is 11.1 Å². The van der Waals surface area contributed by atoms with Gasteiger partial charge in [0.2, 0.25) is 0 Å². The quantitative estimate of drug-likeness (QED) is 0.740. The molecule has 3 rings (SSSR count). The van der Waals surface area contributed by atoms with Crippen molar-refractivity contribution in [3.63, 3.8) is 0 Å². The van der Waals surface area contributed by atoms with Gasteiger partial charge < -0.3 is 5.32 Å². The zero-order valence-corrected chi connectivity index (χ0v) is 8.67. The minimum absolute atomic E-state index is 1.05. The standard InChI is InChI=1S/C12H13N3/c1-8-11(7-14-15-8)10-3-2-9-4-5-13-12(9)6-10/h2-3,6-7,13H,4-5H2,1H3,(H,14,15). The van der Waals surface area contributed by atoms with Gasteiger partial charge in [0.05, 0.1) is 5.69 Å². The van der Waals surface area contributed by atoms with Gasteiger partial charge in [-0.05, 0) is 30.5 Å². The van der Waals surface area contributed by atoms with E-state index in [4.69, 9.17) is 0 Å². The monoisotopic (exact) mass is 199 g/mol. The highest BCUT2D eigenvalue weighted by molar-refractivity contribution is 5.72. The molecule has 0 aliphatic carbocycles. The van der Waals surface area contributed by atoms with Crippen molar-refractivity contribution in [3.8, 4) is 11.1 Å². The molecule has 2 aromatic rings. The van der Waals surface area contributed by atoms with Crippen molar-refractivity contribution < 1.29 is 0 Å². The van der Waals surface area contributed by atoms with Gasteiger partial charge in [0.25, 0.3) is 0 Å². The molecule has 1 aliphatic rings. The van der Waals surface area contributed by atoms with E-state index < -0.39 is 0 Å². The van der Waals surface area contributed by atoms with E-state index in [1.54, 1.807) is 0 Å². The smallest absolute Gasteiger partial charge is 0.0669 e. The summed E-state index contributed by atoms with van der Waals surface area (Å²) in [4.78, 5) is 0. The number of hydrogen-bond donors (Lipinski definition) is 2. The first-order valence-electron chi connectivity index (χ1n) is 5.22. The number of aryl methyl sites for hydroxylation is 1. The number of rotatable bonds is 1. The van der Waals surface area contributed by atoms with Gasteiger partial charge >= 0.3 is 0 Å². The topological polar surface area (TPSA) is 40.7 Å². The number of nitrogens with one attached hydrogen (secondary N) is 2. The number of benzene rings is 1. The van der Waals surface area contributed by atoms with Crippen molar-refractivity contribution in [2.24, 2.45) is 0 Å². The van der Waals surface area contributed by atoms with Crippen molar-refractivity contribution >= 4 is 5.69 Å². The van der Waals surface area contributed by atoms with Crippen LogP contribution in [0.4, 0.5) is 5.69 Å². The molecule has 1 aromatic carbocycles. The van der Waals surface area contributed by atoms with Gasteiger partial charge in [-0.15, -0.1) is 0 Å². The molecule has 0 fully saturated rings. The molecule has 1 aliphatic heterocycles. The lowest BCUT2D eigenvalue weighted by atomic mass is 10.0. The fourth-order valence-electron chi connectivity index (χ4n) is 2.11. The lowest BCUT2D eigenvalue weighted by Gasteiger charge is -2.03. The Balaban J connectivity index is 2.11. The van der Waals surface area contributed by atoms with E-state index in [2.05, 4.69) is 33.7 Å². The first-order valence-corrected chi connectivity index (χ1v) is 5.22. The van der Waals surface area contributed by atoms with Gasteiger partial charge in [-0.25, -0.2) is 0 Å². The van der Waals surface area contributed by atoms with Crippen molar-refractivity contribution in [1.82, 2.24) is 10.2 Å². The van der Waals surface area contributed by atoms with Crippen LogP contribution in [0, 0.1) is 6.92 Å². The van der Waals surface area contributed by atoms with Gasteiger partial charge in [-0.3, -0.25) is 5.10 Å². The fraction of sp³-hybridized carbons (Fsp3) is 0.250. The van der Waals surface area contributed by atoms with Crippen molar-refractivity contribution in [2.75, 3.05) is 11.9 Å². The minimum atomic E-state index is 1.05. The molecular formula is C12H13N3. The van der Waals surface area contributed by atoms with Gasteiger partial charge in [-0.2, -0.15) is 5.10 Å². The molecule has 2 heterocycles. The molecule has 0 amide bonds. The molecule has 0 unspecified atom stereocenters. The molecule has 3 nitrogen and oxygen atoms in total. The highest BCUT2D eigenvalue weighted by Crippen LogP contribution is 2.29. The Kier molecular flexibility index (Phi) is 1.78. The van der Waals surface area contributed by atoms with E-state index in [-0.39, 0.29) is 0 Å². The fourth-order valence-corrected chi connectivity index (χ4v) is 2.11. The Morgan fingerprint density at radius 1 is 1.33 bits per heavy atom. The lowest BCUT2D eigenvalue weighted by Crippen LogP contribution is -1.91. The lowest BCUT2D eigenvalue weighted by molar-refractivity contribution is 1.05. The molecule has 76 valence electrons. The second-order valence-corrected chi connectivity index (χ2v) is 3.93. The summed E-state index contributed by atoms with van der Waals surface area (Å²) in [6.07, 6.45) is 3.09. The Bertz CT molecular complexity index is 499. The van der Waals surface area contributed by atoms with Crippen LogP contribution in [0.5, 0.6) is 0 Å². The van der Waals surface area contributed by atoms with Crippen LogP contribution >= 0.6 is 0 Å². The van der Waals surface area contributed by atoms with Crippen LogP contribution in [0.2, 0.25) is 0 Å². The number of nitrogens with zero attached hydrogens (tertiary/aromatic N) is 1. The number of hydrogen-bond acceptors (Lipinski definition) is 2. The third-order valence-corrected chi connectivity index (χ3v) is 2.96. The van der Waals surface area contributed by atoms with Gasteiger partial charge in [0.1, 0.15) is 0 Å². The number of H-pyrrole nitrogens is 1. The van der Waals surface area contributed by atoms with E-state index in [0.717, 1.165) is 18.7 Å². The zero-order valence-electron chi connectivity index (χ0n) is 8.67. The molecule has 0 radical (unpaired) electrons. The summed E-state index contributed by atoms with van der Waals surface area (Å²) in [5.41, 5.74) is 6.15. The molecule has 0 bridgehead atoms. The minimum Gasteiger partial charge on any atom is -0.384 e. The van der Waals surface area contributed by atoms with Gasteiger partial charge in [0, 0.05) is 24.0 Å². The third kappa shape index (κ3) is 1.31. The van der Waals surface area contributed by atoms with Crippen LogP contribution in [-0.4, -0.2) is 16.7 Å². The number of fused-ring (bicyclic) bond motifs is 1. The van der Waals surface area contributed by atoms with Crippen molar-refractivity contribution in [3.05, 3.63) is 35.7 Å². The predicted octanol–water partition coefficient (Wildman–Crippen LogP) is 2.35. The maximum absolute atomic E-state index is 4.14. The molecule has 0 saturated heterocycles. The molecule has 3 heteroatoms. The van der Waals surface area contributed by atoms with E-state index in [0.29, 0.717) is 0 Å². The normalized spacial score (nSPS) is 13.7. The van der Waals surface area contributed by atoms with Crippen molar-refractivity contribution in [1.29, 1.82) is 0 Å². The SMILES string of the molecule is Cc1n[nH]cc1-c1ccc2c(c1)NCC2. The summed E-state index contributed by atoms with van der Waals surface area (Å²) in [6, 6.07) is 6.58. The Morgan fingerprint density at radius 3 is 3.07 bits per heavy atom. The van der Waals surface area contributed by atoms with Crippen LogP contribution in [-0.2, 0) is 6.42 Å². The Hall–Kier alpha value is -1.77. The van der Waals surface area contributed by atoms with E-state index in [9.17, 15) is 0 Å². The van der Waals surface area contributed by atoms with E-state index in [1.165, 1.54) is 22.4 Å². The predicted molar refractivity (Wildman–Crippen MR) is 61.0 cm³/mol. The number of anilines is 1. The molecule has 0 saturated carbocycles. The summed E-state index contributed by atoms with van der Waals surface area (Å²) in [6.45, 7) is 3.08. The number of aromatic nitrogens is 2. The molecule has 0 atom stereocenters. The van der Waals surface area contributed by atoms with Crippen LogP contribution < -0.4 is 5.32 Å². The second-order valence-electron chi connectivity index (χ2n) is 3.93. The highest BCUT2D eigenvalue weighted by atomic mass is 15.1. The summed E-state index contributed by atoms with van der Waals surface area (Å²) >= 11 is 0. The largest absolute Gasteiger partial charge is 0.384 e. The highest BCUT2D eigenvalue weighted by Gasteiger charge is 2.11.